The molecule has 0 saturated heterocycles. The van der Waals surface area contributed by atoms with Crippen molar-refractivity contribution in [1.82, 2.24) is 4.72 Å². The van der Waals surface area contributed by atoms with Crippen LogP contribution in [0.5, 0.6) is 5.75 Å². The van der Waals surface area contributed by atoms with E-state index >= 15 is 0 Å². The normalized spacial score (nSPS) is 19.0. The van der Waals surface area contributed by atoms with Crippen molar-refractivity contribution < 1.29 is 13.2 Å². The van der Waals surface area contributed by atoms with Gasteiger partial charge in [0.1, 0.15) is 11.4 Å². The number of benzene rings is 2. The third-order valence-corrected chi connectivity index (χ3v) is 6.36. The Morgan fingerprint density at radius 2 is 1.68 bits per heavy atom. The summed E-state index contributed by atoms with van der Waals surface area (Å²) >= 11 is 0. The fourth-order valence-corrected chi connectivity index (χ4v) is 4.82. The highest BCUT2D eigenvalue weighted by atomic mass is 32.2. The fraction of sp³-hybridized carbons (Fsp3) is 0.400. The molecule has 0 aromatic heterocycles. The molecule has 2 aromatic carbocycles. The summed E-state index contributed by atoms with van der Waals surface area (Å²) in [6.07, 6.45) is 2.33. The highest BCUT2D eigenvalue weighted by molar-refractivity contribution is 7.88. The number of sulfonamides is 1. The summed E-state index contributed by atoms with van der Waals surface area (Å²) in [7, 11) is -3.45. The van der Waals surface area contributed by atoms with E-state index < -0.39 is 10.0 Å². The largest absolute Gasteiger partial charge is 0.487 e. The second-order valence-corrected chi connectivity index (χ2v) is 8.40. The van der Waals surface area contributed by atoms with Crippen LogP contribution in [-0.4, -0.2) is 14.0 Å². The molecule has 1 unspecified atom stereocenters. The quantitative estimate of drug-likeness (QED) is 0.841. The lowest BCUT2D eigenvalue weighted by molar-refractivity contribution is 0.0260. The van der Waals surface area contributed by atoms with Gasteiger partial charge in [-0.15, -0.1) is 0 Å². The molecule has 1 aliphatic rings. The van der Waals surface area contributed by atoms with Crippen LogP contribution in [0.15, 0.2) is 54.6 Å². The maximum atomic E-state index is 12.7. The second kappa shape index (κ2) is 7.18. The number of fused-ring (bicyclic) bond motifs is 1. The van der Waals surface area contributed by atoms with E-state index in [1.165, 1.54) is 0 Å². The first-order valence-corrected chi connectivity index (χ1v) is 10.4. The standard InChI is InChI=1S/C20H25NO3S/c1-3-20(4-2)14-18(17-12-8-9-13-19(17)24-20)21-25(22,23)15-16-10-6-5-7-11-16/h5-13,18,21H,3-4,14-15H2,1-2H3. The lowest BCUT2D eigenvalue weighted by Gasteiger charge is -2.41. The van der Waals surface area contributed by atoms with Crippen LogP contribution in [0.3, 0.4) is 0 Å². The van der Waals surface area contributed by atoms with Crippen molar-refractivity contribution in [3.63, 3.8) is 0 Å². The number of para-hydroxylation sites is 1. The van der Waals surface area contributed by atoms with Gasteiger partial charge in [0.05, 0.1) is 11.8 Å². The molecule has 1 aliphatic heterocycles. The van der Waals surface area contributed by atoms with Crippen molar-refractivity contribution in [2.45, 2.75) is 50.5 Å². The maximum Gasteiger partial charge on any atom is 0.216 e. The third kappa shape index (κ3) is 4.05. The predicted molar refractivity (Wildman–Crippen MR) is 99.9 cm³/mol. The average Bonchev–Trinajstić information content (AvgIpc) is 2.61. The molecule has 0 aliphatic carbocycles. The number of nitrogens with one attached hydrogen (secondary N) is 1. The van der Waals surface area contributed by atoms with E-state index in [0.29, 0.717) is 6.42 Å². The van der Waals surface area contributed by atoms with Crippen molar-refractivity contribution in [3.05, 3.63) is 65.7 Å². The lowest BCUT2D eigenvalue weighted by Crippen LogP contribution is -2.44. The van der Waals surface area contributed by atoms with E-state index in [-0.39, 0.29) is 17.4 Å². The van der Waals surface area contributed by atoms with Gasteiger partial charge in [-0.05, 0) is 24.5 Å². The molecule has 1 atom stereocenters. The van der Waals surface area contributed by atoms with Gasteiger partial charge in [0.25, 0.3) is 0 Å². The van der Waals surface area contributed by atoms with Crippen molar-refractivity contribution in [2.75, 3.05) is 0 Å². The highest BCUT2D eigenvalue weighted by Crippen LogP contribution is 2.42. The van der Waals surface area contributed by atoms with Gasteiger partial charge in [-0.25, -0.2) is 13.1 Å². The van der Waals surface area contributed by atoms with Crippen LogP contribution >= 0.6 is 0 Å². The van der Waals surface area contributed by atoms with E-state index in [4.69, 9.17) is 4.74 Å². The van der Waals surface area contributed by atoms with Crippen LogP contribution < -0.4 is 9.46 Å². The molecule has 2 aromatic rings. The molecular formula is C20H25NO3S. The summed E-state index contributed by atoms with van der Waals surface area (Å²) in [5, 5.41) is 0. The summed E-state index contributed by atoms with van der Waals surface area (Å²) in [5.74, 6) is 0.767. The molecule has 5 heteroatoms. The van der Waals surface area contributed by atoms with Gasteiger partial charge < -0.3 is 4.74 Å². The van der Waals surface area contributed by atoms with E-state index in [9.17, 15) is 8.42 Å². The van der Waals surface area contributed by atoms with Crippen LogP contribution in [-0.2, 0) is 15.8 Å². The minimum Gasteiger partial charge on any atom is -0.487 e. The van der Waals surface area contributed by atoms with Gasteiger partial charge in [-0.2, -0.15) is 0 Å². The number of ether oxygens (including phenoxy) is 1. The minimum absolute atomic E-state index is 0.0153. The minimum atomic E-state index is -3.45. The Balaban J connectivity index is 1.87. The molecule has 0 amide bonds. The fourth-order valence-electron chi connectivity index (χ4n) is 3.46. The SMILES string of the molecule is CCC1(CC)CC(NS(=O)(=O)Cc2ccccc2)c2ccccc2O1. The molecule has 1 heterocycles. The van der Waals surface area contributed by atoms with E-state index in [2.05, 4.69) is 18.6 Å². The summed E-state index contributed by atoms with van der Waals surface area (Å²) in [5.41, 5.74) is 1.37. The van der Waals surface area contributed by atoms with Crippen molar-refractivity contribution >= 4 is 10.0 Å². The average molecular weight is 359 g/mol. The Bertz CT molecular complexity index is 814. The first-order valence-electron chi connectivity index (χ1n) is 8.79. The Morgan fingerprint density at radius 1 is 1.04 bits per heavy atom. The topological polar surface area (TPSA) is 55.4 Å². The van der Waals surface area contributed by atoms with Crippen LogP contribution in [0, 0.1) is 0 Å². The van der Waals surface area contributed by atoms with Crippen LogP contribution in [0.4, 0.5) is 0 Å². The smallest absolute Gasteiger partial charge is 0.216 e. The number of hydrogen-bond acceptors (Lipinski definition) is 3. The van der Waals surface area contributed by atoms with Gasteiger partial charge in [0.15, 0.2) is 0 Å². The van der Waals surface area contributed by atoms with Crippen LogP contribution in [0.2, 0.25) is 0 Å². The third-order valence-electron chi connectivity index (χ3n) is 5.01. The maximum absolute atomic E-state index is 12.7. The van der Waals surface area contributed by atoms with Crippen molar-refractivity contribution in [2.24, 2.45) is 0 Å². The predicted octanol–water partition coefficient (Wildman–Crippen LogP) is 4.19. The molecule has 3 rings (SSSR count). The second-order valence-electron chi connectivity index (χ2n) is 6.65. The van der Waals surface area contributed by atoms with E-state index in [1.807, 2.05) is 54.6 Å². The van der Waals surface area contributed by atoms with Crippen molar-refractivity contribution in [3.8, 4) is 5.75 Å². The number of hydrogen-bond donors (Lipinski definition) is 1. The molecule has 1 N–H and O–H groups in total. The molecule has 25 heavy (non-hydrogen) atoms. The van der Waals surface area contributed by atoms with Gasteiger partial charge in [0, 0.05) is 12.0 Å². The zero-order valence-corrected chi connectivity index (χ0v) is 15.6. The highest BCUT2D eigenvalue weighted by Gasteiger charge is 2.39. The Kier molecular flexibility index (Phi) is 5.16. The Morgan fingerprint density at radius 3 is 2.36 bits per heavy atom. The Hall–Kier alpha value is -1.85. The first kappa shape index (κ1) is 18.0. The van der Waals surface area contributed by atoms with Gasteiger partial charge in [-0.1, -0.05) is 62.4 Å². The molecule has 134 valence electrons. The van der Waals surface area contributed by atoms with Crippen LogP contribution in [0.1, 0.15) is 50.3 Å². The molecule has 4 nitrogen and oxygen atoms in total. The summed E-state index contributed by atoms with van der Waals surface area (Å²) in [6, 6.07) is 16.7. The summed E-state index contributed by atoms with van der Waals surface area (Å²) < 4.78 is 34.6. The van der Waals surface area contributed by atoms with Crippen LogP contribution in [0.25, 0.3) is 0 Å². The molecular weight excluding hydrogens is 334 g/mol. The monoisotopic (exact) mass is 359 g/mol. The first-order chi connectivity index (χ1) is 12.0. The zero-order valence-electron chi connectivity index (χ0n) is 14.7. The van der Waals surface area contributed by atoms with Crippen molar-refractivity contribution in [1.29, 1.82) is 0 Å². The summed E-state index contributed by atoms with van der Waals surface area (Å²) in [6.45, 7) is 4.18. The summed E-state index contributed by atoms with van der Waals surface area (Å²) in [4.78, 5) is 0. The zero-order chi connectivity index (χ0) is 17.9. The molecule has 0 radical (unpaired) electrons. The Labute approximate surface area is 150 Å². The van der Waals surface area contributed by atoms with Gasteiger partial charge in [-0.3, -0.25) is 0 Å². The van der Waals surface area contributed by atoms with Gasteiger partial charge >= 0.3 is 0 Å². The van der Waals surface area contributed by atoms with E-state index in [1.54, 1.807) is 0 Å². The molecule has 0 saturated carbocycles. The van der Waals surface area contributed by atoms with Gasteiger partial charge in [0.2, 0.25) is 10.0 Å². The number of rotatable bonds is 6. The lowest BCUT2D eigenvalue weighted by atomic mass is 9.84. The molecule has 0 bridgehead atoms. The molecule has 0 spiro atoms. The molecule has 0 fully saturated rings. The van der Waals surface area contributed by atoms with E-state index in [0.717, 1.165) is 29.7 Å².